The van der Waals surface area contributed by atoms with E-state index in [1.807, 2.05) is 12.3 Å². The maximum atomic E-state index is 6.64. The van der Waals surface area contributed by atoms with Crippen LogP contribution in [0.3, 0.4) is 0 Å². The molecule has 2 aromatic heterocycles. The van der Waals surface area contributed by atoms with Crippen molar-refractivity contribution in [1.29, 1.82) is 0 Å². The maximum absolute atomic E-state index is 6.64. The van der Waals surface area contributed by atoms with Crippen molar-refractivity contribution < 1.29 is 4.42 Å². The van der Waals surface area contributed by atoms with Gasteiger partial charge < -0.3 is 4.42 Å². The average Bonchev–Trinajstić information content (AvgIpc) is 3.48. The lowest BCUT2D eigenvalue weighted by Gasteiger charge is -2.17. The van der Waals surface area contributed by atoms with Crippen LogP contribution < -0.4 is 0 Å². The molecule has 0 radical (unpaired) electrons. The number of hydrogen-bond acceptors (Lipinski definition) is 2. The van der Waals surface area contributed by atoms with E-state index in [-0.39, 0.29) is 0 Å². The van der Waals surface area contributed by atoms with Crippen molar-refractivity contribution in [2.75, 3.05) is 0 Å². The normalized spacial score (nSPS) is 11.9. The van der Waals surface area contributed by atoms with Crippen LogP contribution in [0.25, 0.3) is 39.0 Å². The van der Waals surface area contributed by atoms with Gasteiger partial charge >= 0.3 is 0 Å². The van der Waals surface area contributed by atoms with Gasteiger partial charge in [-0.3, -0.25) is 4.57 Å². The van der Waals surface area contributed by atoms with Crippen LogP contribution in [0.4, 0.5) is 0 Å². The predicted octanol–water partition coefficient (Wildman–Crippen LogP) is 9.25. The molecule has 34 heavy (non-hydrogen) atoms. The van der Waals surface area contributed by atoms with Crippen LogP contribution in [0, 0.1) is 0 Å². The van der Waals surface area contributed by atoms with Crippen molar-refractivity contribution in [2.24, 2.45) is 0 Å². The number of imidazole rings is 1. The van der Waals surface area contributed by atoms with Gasteiger partial charge in [0.1, 0.15) is 17.0 Å². The Morgan fingerprint density at radius 2 is 1.62 bits per heavy atom. The molecule has 0 saturated carbocycles. The molecule has 3 aromatic carbocycles. The van der Waals surface area contributed by atoms with Crippen LogP contribution in [0.15, 0.2) is 77.5 Å². The minimum absolute atomic E-state index is 0.367. The number of benzene rings is 3. The van der Waals surface area contributed by atoms with Crippen LogP contribution in [0.1, 0.15) is 76.3 Å². The molecule has 0 spiro atoms. The zero-order chi connectivity index (χ0) is 23.7. The second-order valence-corrected chi connectivity index (χ2v) is 9.62. The number of furan rings is 1. The average molecular weight is 451 g/mol. The van der Waals surface area contributed by atoms with E-state index in [1.54, 1.807) is 0 Å². The Morgan fingerprint density at radius 1 is 0.853 bits per heavy atom. The fourth-order valence-corrected chi connectivity index (χ4v) is 5.39. The van der Waals surface area contributed by atoms with E-state index >= 15 is 0 Å². The first-order chi connectivity index (χ1) is 16.6. The van der Waals surface area contributed by atoms with Crippen molar-refractivity contribution in [3.8, 4) is 17.1 Å². The van der Waals surface area contributed by atoms with Gasteiger partial charge in [0.25, 0.3) is 0 Å². The van der Waals surface area contributed by atoms with Gasteiger partial charge in [0.05, 0.1) is 11.1 Å². The van der Waals surface area contributed by atoms with Crippen molar-refractivity contribution in [1.82, 2.24) is 9.55 Å². The number of rotatable bonds is 8. The Kier molecular flexibility index (Phi) is 6.28. The summed E-state index contributed by atoms with van der Waals surface area (Å²) in [5, 5.41) is 2.39. The van der Waals surface area contributed by atoms with E-state index < -0.39 is 0 Å². The molecule has 5 rings (SSSR count). The van der Waals surface area contributed by atoms with E-state index in [0.29, 0.717) is 11.8 Å². The molecule has 0 atom stereocenters. The standard InChI is InChI=1S/C31H34N2O/c1-5-11-22(12-6-2)25-15-10-16-26-28-27(34-30(25)26)18-17-24(21(3)4)29(28)33-20-19-32-31(33)23-13-8-7-9-14-23/h7-10,13-22H,5-6,11-12H2,1-4H3. The molecule has 0 fully saturated rings. The van der Waals surface area contributed by atoms with Crippen LogP contribution in [0.5, 0.6) is 0 Å². The summed E-state index contributed by atoms with van der Waals surface area (Å²) in [6.07, 6.45) is 8.72. The lowest BCUT2D eigenvalue weighted by atomic mass is 9.89. The van der Waals surface area contributed by atoms with Crippen LogP contribution in [-0.2, 0) is 0 Å². The molecule has 2 heterocycles. The third kappa shape index (κ3) is 3.83. The molecule has 0 aliphatic rings. The second-order valence-electron chi connectivity index (χ2n) is 9.62. The molecule has 0 aliphatic carbocycles. The molecule has 3 heteroatoms. The topological polar surface area (TPSA) is 31.0 Å². The van der Waals surface area contributed by atoms with Crippen LogP contribution in [0.2, 0.25) is 0 Å². The van der Waals surface area contributed by atoms with Crippen molar-refractivity contribution in [3.05, 3.63) is 84.2 Å². The van der Waals surface area contributed by atoms with Gasteiger partial charge in [0, 0.05) is 23.3 Å². The molecule has 3 nitrogen and oxygen atoms in total. The highest BCUT2D eigenvalue weighted by Crippen LogP contribution is 2.42. The Balaban J connectivity index is 1.82. The van der Waals surface area contributed by atoms with Crippen molar-refractivity contribution in [2.45, 2.75) is 65.2 Å². The van der Waals surface area contributed by atoms with Gasteiger partial charge in [-0.25, -0.2) is 4.98 Å². The van der Waals surface area contributed by atoms with E-state index in [2.05, 4.69) is 93.1 Å². The lowest BCUT2D eigenvalue weighted by Crippen LogP contribution is -2.03. The quantitative estimate of drug-likeness (QED) is 0.236. The fraction of sp³-hybridized carbons (Fsp3) is 0.323. The predicted molar refractivity (Wildman–Crippen MR) is 143 cm³/mol. The monoisotopic (exact) mass is 450 g/mol. The Bertz CT molecular complexity index is 1400. The Hall–Kier alpha value is -3.33. The summed E-state index contributed by atoms with van der Waals surface area (Å²) in [6.45, 7) is 9.07. The number of nitrogens with zero attached hydrogens (tertiary/aromatic N) is 2. The van der Waals surface area contributed by atoms with Gasteiger partial charge in [-0.1, -0.05) is 95.1 Å². The van der Waals surface area contributed by atoms with E-state index in [1.165, 1.54) is 53.3 Å². The Morgan fingerprint density at radius 3 is 2.32 bits per heavy atom. The van der Waals surface area contributed by atoms with Crippen LogP contribution in [-0.4, -0.2) is 9.55 Å². The Labute approximate surface area is 202 Å². The zero-order valence-corrected chi connectivity index (χ0v) is 20.7. The van der Waals surface area contributed by atoms with Crippen molar-refractivity contribution >= 4 is 21.9 Å². The molecule has 5 aromatic rings. The highest BCUT2D eigenvalue weighted by molar-refractivity contribution is 6.11. The number of para-hydroxylation sites is 1. The van der Waals surface area contributed by atoms with Gasteiger partial charge in [-0.2, -0.15) is 0 Å². The third-order valence-electron chi connectivity index (χ3n) is 6.95. The molecular weight excluding hydrogens is 416 g/mol. The van der Waals surface area contributed by atoms with Gasteiger partial charge in [-0.05, 0) is 41.9 Å². The van der Waals surface area contributed by atoms with E-state index in [9.17, 15) is 0 Å². The van der Waals surface area contributed by atoms with E-state index in [0.717, 1.165) is 22.6 Å². The molecule has 0 amide bonds. The molecule has 0 unspecified atom stereocenters. The molecule has 0 N–H and O–H groups in total. The summed E-state index contributed by atoms with van der Waals surface area (Å²) >= 11 is 0. The first-order valence-corrected chi connectivity index (χ1v) is 12.7. The molecule has 0 bridgehead atoms. The fourth-order valence-electron chi connectivity index (χ4n) is 5.39. The zero-order valence-electron chi connectivity index (χ0n) is 20.7. The van der Waals surface area contributed by atoms with Gasteiger partial charge in [-0.15, -0.1) is 0 Å². The molecule has 0 saturated heterocycles. The summed E-state index contributed by atoms with van der Waals surface area (Å²) in [5.41, 5.74) is 6.94. The van der Waals surface area contributed by atoms with Gasteiger partial charge in [0.2, 0.25) is 0 Å². The minimum atomic E-state index is 0.367. The second kappa shape index (κ2) is 9.50. The summed E-state index contributed by atoms with van der Waals surface area (Å²) in [6, 6.07) is 21.5. The summed E-state index contributed by atoms with van der Waals surface area (Å²) in [4.78, 5) is 4.76. The smallest absolute Gasteiger partial charge is 0.144 e. The number of fused-ring (bicyclic) bond motifs is 3. The molecule has 0 aliphatic heterocycles. The lowest BCUT2D eigenvalue weighted by molar-refractivity contribution is 0.553. The van der Waals surface area contributed by atoms with Crippen LogP contribution >= 0.6 is 0 Å². The minimum Gasteiger partial charge on any atom is -0.456 e. The first kappa shape index (κ1) is 22.5. The summed E-state index contributed by atoms with van der Waals surface area (Å²) < 4.78 is 8.90. The van der Waals surface area contributed by atoms with E-state index in [4.69, 9.17) is 9.40 Å². The first-order valence-electron chi connectivity index (χ1n) is 12.7. The SMILES string of the molecule is CCCC(CCC)c1cccc2c1oc1ccc(C(C)C)c(-n3ccnc3-c3ccccc3)c12. The number of hydrogen-bond donors (Lipinski definition) is 0. The summed E-state index contributed by atoms with van der Waals surface area (Å²) in [5.74, 6) is 1.85. The van der Waals surface area contributed by atoms with Gasteiger partial charge in [0.15, 0.2) is 0 Å². The van der Waals surface area contributed by atoms with Crippen molar-refractivity contribution in [3.63, 3.8) is 0 Å². The summed E-state index contributed by atoms with van der Waals surface area (Å²) in [7, 11) is 0. The maximum Gasteiger partial charge on any atom is 0.144 e. The molecular formula is C31H34N2O. The third-order valence-corrected chi connectivity index (χ3v) is 6.95. The highest BCUT2D eigenvalue weighted by atomic mass is 16.3. The molecule has 174 valence electrons. The highest BCUT2D eigenvalue weighted by Gasteiger charge is 2.23. The largest absolute Gasteiger partial charge is 0.456 e. The number of aromatic nitrogens is 2.